The van der Waals surface area contributed by atoms with E-state index >= 15 is 0 Å². The van der Waals surface area contributed by atoms with Crippen LogP contribution in [0.15, 0.2) is 12.1 Å². The number of alkyl carbamates (subject to hydrolysis) is 1. The molecule has 1 saturated heterocycles. The van der Waals surface area contributed by atoms with E-state index < -0.39 is 24.7 Å². The summed E-state index contributed by atoms with van der Waals surface area (Å²) in [5.41, 5.74) is 0.0804. The van der Waals surface area contributed by atoms with E-state index in [1.54, 1.807) is 0 Å². The Morgan fingerprint density at radius 2 is 1.86 bits per heavy atom. The van der Waals surface area contributed by atoms with Gasteiger partial charge in [-0.1, -0.05) is 0 Å². The number of rotatable bonds is 4. The first kappa shape index (κ1) is 15.1. The van der Waals surface area contributed by atoms with Gasteiger partial charge < -0.3 is 24.3 Å². The summed E-state index contributed by atoms with van der Waals surface area (Å²) in [7, 11) is 4.10. The molecule has 1 N–H and O–H groups in total. The molecule has 1 fully saturated rings. The molecule has 1 amide bonds. The number of benzene rings is 1. The molecule has 1 aliphatic heterocycles. The lowest BCUT2D eigenvalue weighted by atomic mass is 9.98. The number of hydrogen-bond acceptors (Lipinski definition) is 5. The van der Waals surface area contributed by atoms with Crippen LogP contribution >= 0.6 is 0 Å². The summed E-state index contributed by atoms with van der Waals surface area (Å²) >= 11 is 0. The van der Waals surface area contributed by atoms with Crippen molar-refractivity contribution in [2.75, 3.05) is 27.9 Å². The van der Waals surface area contributed by atoms with Crippen LogP contribution in [0.2, 0.25) is 0 Å². The molecule has 0 aromatic heterocycles. The topological polar surface area (TPSA) is 66.0 Å². The molecule has 0 spiro atoms. The van der Waals surface area contributed by atoms with Crippen LogP contribution in [0.4, 0.5) is 13.6 Å². The van der Waals surface area contributed by atoms with Gasteiger partial charge in [0.2, 0.25) is 5.75 Å². The van der Waals surface area contributed by atoms with E-state index in [1.165, 1.54) is 33.5 Å². The van der Waals surface area contributed by atoms with Gasteiger partial charge in [0.1, 0.15) is 6.04 Å². The van der Waals surface area contributed by atoms with Gasteiger partial charge in [0.05, 0.1) is 21.3 Å². The molecule has 1 aliphatic rings. The average molecular weight is 303 g/mol. The van der Waals surface area contributed by atoms with Crippen LogP contribution in [0.1, 0.15) is 11.6 Å². The maximum Gasteiger partial charge on any atom is 0.408 e. The van der Waals surface area contributed by atoms with Gasteiger partial charge in [0.15, 0.2) is 18.1 Å². The highest BCUT2D eigenvalue weighted by molar-refractivity contribution is 5.70. The second kappa shape index (κ2) is 5.63. The number of alkyl halides is 2. The van der Waals surface area contributed by atoms with Crippen molar-refractivity contribution in [2.24, 2.45) is 0 Å². The van der Waals surface area contributed by atoms with E-state index in [9.17, 15) is 13.6 Å². The fraction of sp³-hybridized carbons (Fsp3) is 0.462. The van der Waals surface area contributed by atoms with Crippen LogP contribution in [0.5, 0.6) is 17.2 Å². The molecule has 0 unspecified atom stereocenters. The second-order valence-electron chi connectivity index (χ2n) is 4.34. The summed E-state index contributed by atoms with van der Waals surface area (Å²) in [6.45, 7) is -0.999. The predicted octanol–water partition coefficient (Wildman–Crippen LogP) is 2.13. The molecule has 1 aromatic rings. The standard InChI is InChI=1S/C13H15F2NO5/c1-18-8-5-4-7(9(19-2)10(8)20-3)11-13(14,15)6-21-12(17)16-11/h4-5,11H,6H2,1-3H3,(H,16,17)/t11-/m0/s1. The summed E-state index contributed by atoms with van der Waals surface area (Å²) in [5, 5.41) is 2.10. The van der Waals surface area contributed by atoms with E-state index in [1.807, 2.05) is 0 Å². The zero-order chi connectivity index (χ0) is 15.6. The van der Waals surface area contributed by atoms with Crippen LogP contribution in [0.25, 0.3) is 0 Å². The fourth-order valence-electron chi connectivity index (χ4n) is 2.17. The minimum absolute atomic E-state index is 0.0729. The molecular formula is C13H15F2NO5. The first-order valence-corrected chi connectivity index (χ1v) is 6.04. The molecule has 0 saturated carbocycles. The molecule has 2 rings (SSSR count). The second-order valence-corrected chi connectivity index (χ2v) is 4.34. The molecule has 1 atom stereocenters. The third-order valence-corrected chi connectivity index (χ3v) is 3.13. The Hall–Kier alpha value is -2.25. The monoisotopic (exact) mass is 303 g/mol. The molecule has 1 heterocycles. The lowest BCUT2D eigenvalue weighted by Crippen LogP contribution is -2.49. The SMILES string of the molecule is COc1ccc([C@@H]2NC(=O)OCC2(F)F)c(OC)c1OC. The van der Waals surface area contributed by atoms with E-state index in [-0.39, 0.29) is 17.1 Å². The summed E-state index contributed by atoms with van der Waals surface area (Å²) in [4.78, 5) is 11.2. The Kier molecular flexibility index (Phi) is 4.06. The fourth-order valence-corrected chi connectivity index (χ4v) is 2.17. The third kappa shape index (κ3) is 2.65. The molecule has 0 bridgehead atoms. The highest BCUT2D eigenvalue weighted by atomic mass is 19.3. The Bertz CT molecular complexity index is 550. The largest absolute Gasteiger partial charge is 0.493 e. The van der Waals surface area contributed by atoms with Crippen LogP contribution in [0, 0.1) is 0 Å². The molecule has 21 heavy (non-hydrogen) atoms. The lowest BCUT2D eigenvalue weighted by Gasteiger charge is -2.32. The van der Waals surface area contributed by atoms with Crippen molar-refractivity contribution in [3.8, 4) is 17.2 Å². The Morgan fingerprint density at radius 1 is 1.19 bits per heavy atom. The maximum atomic E-state index is 14.0. The van der Waals surface area contributed by atoms with E-state index in [0.29, 0.717) is 5.75 Å². The van der Waals surface area contributed by atoms with Gasteiger partial charge in [-0.2, -0.15) is 0 Å². The Balaban J connectivity index is 2.54. The average Bonchev–Trinajstić information content (AvgIpc) is 2.48. The van der Waals surface area contributed by atoms with Crippen molar-refractivity contribution in [1.82, 2.24) is 5.32 Å². The predicted molar refractivity (Wildman–Crippen MR) is 68.3 cm³/mol. The smallest absolute Gasteiger partial charge is 0.408 e. The van der Waals surface area contributed by atoms with E-state index in [0.717, 1.165) is 0 Å². The molecule has 0 radical (unpaired) electrons. The van der Waals surface area contributed by atoms with E-state index in [2.05, 4.69) is 10.1 Å². The number of nitrogens with one attached hydrogen (secondary N) is 1. The van der Waals surface area contributed by atoms with Gasteiger partial charge in [0.25, 0.3) is 0 Å². The molecule has 8 heteroatoms. The highest BCUT2D eigenvalue weighted by Crippen LogP contribution is 2.46. The van der Waals surface area contributed by atoms with Crippen LogP contribution in [0.3, 0.4) is 0 Å². The molecule has 6 nitrogen and oxygen atoms in total. The van der Waals surface area contributed by atoms with Gasteiger partial charge in [-0.15, -0.1) is 0 Å². The zero-order valence-corrected chi connectivity index (χ0v) is 11.7. The summed E-state index contributed by atoms with van der Waals surface area (Å²) in [6, 6.07) is 1.28. The van der Waals surface area contributed by atoms with E-state index in [4.69, 9.17) is 14.2 Å². The molecular weight excluding hydrogens is 288 g/mol. The molecule has 116 valence electrons. The van der Waals surface area contributed by atoms with Crippen molar-refractivity contribution in [3.05, 3.63) is 17.7 Å². The minimum Gasteiger partial charge on any atom is -0.493 e. The van der Waals surface area contributed by atoms with Gasteiger partial charge >= 0.3 is 12.0 Å². The maximum absolute atomic E-state index is 14.0. The number of carbonyl (C=O) groups excluding carboxylic acids is 1. The van der Waals surface area contributed by atoms with Gasteiger partial charge in [-0.3, -0.25) is 0 Å². The van der Waals surface area contributed by atoms with Crippen molar-refractivity contribution in [1.29, 1.82) is 0 Å². The zero-order valence-electron chi connectivity index (χ0n) is 11.7. The summed E-state index contributed by atoms with van der Waals surface area (Å²) < 4.78 is 47.7. The Morgan fingerprint density at radius 3 is 2.43 bits per heavy atom. The van der Waals surface area contributed by atoms with Gasteiger partial charge in [0, 0.05) is 5.56 Å². The summed E-state index contributed by atoms with van der Waals surface area (Å²) in [5.74, 6) is -2.70. The molecule has 0 aliphatic carbocycles. The number of amides is 1. The van der Waals surface area contributed by atoms with Gasteiger partial charge in [-0.25, -0.2) is 13.6 Å². The van der Waals surface area contributed by atoms with Crippen molar-refractivity contribution in [2.45, 2.75) is 12.0 Å². The number of carbonyl (C=O) groups is 1. The number of halogens is 2. The van der Waals surface area contributed by atoms with Crippen LogP contribution in [-0.2, 0) is 4.74 Å². The summed E-state index contributed by atoms with van der Waals surface area (Å²) in [6.07, 6.45) is -0.914. The number of cyclic esters (lactones) is 1. The van der Waals surface area contributed by atoms with Crippen molar-refractivity contribution < 1.29 is 32.5 Å². The van der Waals surface area contributed by atoms with Gasteiger partial charge in [-0.05, 0) is 12.1 Å². The highest BCUT2D eigenvalue weighted by Gasteiger charge is 2.48. The van der Waals surface area contributed by atoms with Crippen molar-refractivity contribution >= 4 is 6.09 Å². The Labute approximate surface area is 119 Å². The normalized spacial score (nSPS) is 20.2. The third-order valence-electron chi connectivity index (χ3n) is 3.13. The minimum atomic E-state index is -3.28. The quantitative estimate of drug-likeness (QED) is 0.923. The first-order valence-electron chi connectivity index (χ1n) is 6.04. The molecule has 1 aromatic carbocycles. The lowest BCUT2D eigenvalue weighted by molar-refractivity contribution is -0.104. The van der Waals surface area contributed by atoms with Crippen LogP contribution < -0.4 is 19.5 Å². The number of ether oxygens (including phenoxy) is 4. The first-order chi connectivity index (χ1) is 9.94. The van der Waals surface area contributed by atoms with Crippen LogP contribution in [-0.4, -0.2) is 40.0 Å². The number of hydrogen-bond donors (Lipinski definition) is 1. The number of methoxy groups -OCH3 is 3. The van der Waals surface area contributed by atoms with Crippen molar-refractivity contribution in [3.63, 3.8) is 0 Å².